The molecular formula is C25H20N8. The van der Waals surface area contributed by atoms with E-state index >= 15 is 0 Å². The van der Waals surface area contributed by atoms with E-state index in [1.165, 1.54) is 0 Å². The van der Waals surface area contributed by atoms with Crippen LogP contribution in [0.15, 0.2) is 60.9 Å². The van der Waals surface area contributed by atoms with Gasteiger partial charge in [-0.05, 0) is 55.3 Å². The monoisotopic (exact) mass is 432 g/mol. The fourth-order valence-corrected chi connectivity index (χ4v) is 3.89. The lowest BCUT2D eigenvalue weighted by Gasteiger charge is -2.13. The number of anilines is 1. The molecule has 0 fully saturated rings. The second-order valence-corrected chi connectivity index (χ2v) is 7.80. The molecule has 33 heavy (non-hydrogen) atoms. The van der Waals surface area contributed by atoms with Gasteiger partial charge in [-0.2, -0.15) is 15.2 Å². The maximum Gasteiger partial charge on any atom is 0.155 e. The van der Waals surface area contributed by atoms with E-state index in [-0.39, 0.29) is 5.82 Å². The zero-order valence-corrected chi connectivity index (χ0v) is 18.2. The molecule has 8 nitrogen and oxygen atoms in total. The zero-order chi connectivity index (χ0) is 22.9. The largest absolute Gasteiger partial charge is 0.382 e. The summed E-state index contributed by atoms with van der Waals surface area (Å²) in [7, 11) is 0. The van der Waals surface area contributed by atoms with Crippen LogP contribution in [0.2, 0.25) is 0 Å². The molecule has 4 aromatic heterocycles. The molecule has 1 aromatic carbocycles. The van der Waals surface area contributed by atoms with Gasteiger partial charge in [0.25, 0.3) is 0 Å². The third-order valence-corrected chi connectivity index (χ3v) is 5.41. The summed E-state index contributed by atoms with van der Waals surface area (Å²) in [5.74, 6) is 0.279. The highest BCUT2D eigenvalue weighted by atomic mass is 15.5. The Labute approximate surface area is 190 Å². The minimum atomic E-state index is 0.279. The summed E-state index contributed by atoms with van der Waals surface area (Å²) in [6.45, 7) is 4.34. The summed E-state index contributed by atoms with van der Waals surface area (Å²) >= 11 is 0. The first kappa shape index (κ1) is 20.3. The van der Waals surface area contributed by atoms with Crippen LogP contribution in [0.4, 0.5) is 5.82 Å². The normalized spacial score (nSPS) is 10.9. The number of hydrogen-bond donors (Lipinski definition) is 1. The molecule has 0 bridgehead atoms. The maximum atomic E-state index is 9.39. The van der Waals surface area contributed by atoms with Gasteiger partial charge in [-0.1, -0.05) is 18.2 Å². The molecule has 0 radical (unpaired) electrons. The van der Waals surface area contributed by atoms with Gasteiger partial charge < -0.3 is 5.73 Å². The summed E-state index contributed by atoms with van der Waals surface area (Å²) in [4.78, 5) is 15.1. The second kappa shape index (κ2) is 8.13. The minimum Gasteiger partial charge on any atom is -0.382 e. The standard InChI is InChI=1S/C25H20N8/c1-15-13-28-10-9-20(15)21-22(18-7-4-6-17(11-18)12-26)30-25(27)24-23(21)31-33(32-24)14-19-8-3-5-16(2)29-19/h3-11,13H,14H2,1-2H3,(H2,27,30). The fraction of sp³-hybridized carbons (Fsp3) is 0.120. The van der Waals surface area contributed by atoms with Gasteiger partial charge in [0.1, 0.15) is 12.1 Å². The highest BCUT2D eigenvalue weighted by molar-refractivity contribution is 6.03. The smallest absolute Gasteiger partial charge is 0.155 e. The van der Waals surface area contributed by atoms with Crippen LogP contribution < -0.4 is 5.73 Å². The van der Waals surface area contributed by atoms with Crippen molar-refractivity contribution in [2.45, 2.75) is 20.4 Å². The van der Waals surface area contributed by atoms with Crippen molar-refractivity contribution >= 4 is 16.9 Å². The zero-order valence-electron chi connectivity index (χ0n) is 18.2. The van der Waals surface area contributed by atoms with E-state index in [1.54, 1.807) is 29.3 Å². The Morgan fingerprint density at radius 3 is 2.61 bits per heavy atom. The summed E-state index contributed by atoms with van der Waals surface area (Å²) in [6.07, 6.45) is 3.54. The number of aryl methyl sites for hydroxylation is 2. The van der Waals surface area contributed by atoms with Gasteiger partial charge in [-0.25, -0.2) is 4.98 Å². The van der Waals surface area contributed by atoms with E-state index in [9.17, 15) is 5.26 Å². The quantitative estimate of drug-likeness (QED) is 0.454. The van der Waals surface area contributed by atoms with Crippen LogP contribution in [0.3, 0.4) is 0 Å². The lowest BCUT2D eigenvalue weighted by atomic mass is 9.95. The molecule has 0 atom stereocenters. The first-order valence-corrected chi connectivity index (χ1v) is 10.4. The number of nitrogens with two attached hydrogens (primary N) is 1. The van der Waals surface area contributed by atoms with E-state index in [1.807, 2.05) is 50.2 Å². The number of nitrogen functional groups attached to an aromatic ring is 1. The molecule has 4 heterocycles. The Balaban J connectivity index is 1.77. The van der Waals surface area contributed by atoms with Crippen LogP contribution >= 0.6 is 0 Å². The third kappa shape index (κ3) is 3.77. The van der Waals surface area contributed by atoms with Gasteiger partial charge in [0.15, 0.2) is 11.3 Å². The number of aromatic nitrogens is 6. The third-order valence-electron chi connectivity index (χ3n) is 5.41. The Bertz CT molecular complexity index is 1540. The van der Waals surface area contributed by atoms with Crippen molar-refractivity contribution in [3.8, 4) is 28.5 Å². The van der Waals surface area contributed by atoms with E-state index in [0.717, 1.165) is 33.6 Å². The summed E-state index contributed by atoms with van der Waals surface area (Å²) in [6, 6.07) is 17.3. The summed E-state index contributed by atoms with van der Waals surface area (Å²) in [5, 5.41) is 18.8. The van der Waals surface area contributed by atoms with Gasteiger partial charge in [-0.15, -0.1) is 5.10 Å². The van der Waals surface area contributed by atoms with Crippen LogP contribution in [0.1, 0.15) is 22.5 Å². The number of benzene rings is 1. The van der Waals surface area contributed by atoms with Crippen LogP contribution in [0.5, 0.6) is 0 Å². The van der Waals surface area contributed by atoms with Crippen molar-refractivity contribution in [1.29, 1.82) is 5.26 Å². The van der Waals surface area contributed by atoms with Gasteiger partial charge >= 0.3 is 0 Å². The van der Waals surface area contributed by atoms with Crippen molar-refractivity contribution in [3.05, 3.63) is 83.4 Å². The second-order valence-electron chi connectivity index (χ2n) is 7.80. The molecule has 5 aromatic rings. The number of hydrogen-bond acceptors (Lipinski definition) is 7. The fourth-order valence-electron chi connectivity index (χ4n) is 3.89. The number of fused-ring (bicyclic) bond motifs is 1. The van der Waals surface area contributed by atoms with E-state index in [2.05, 4.69) is 21.1 Å². The van der Waals surface area contributed by atoms with E-state index in [4.69, 9.17) is 15.8 Å². The van der Waals surface area contributed by atoms with Gasteiger partial charge in [0.05, 0.1) is 23.0 Å². The molecule has 0 aliphatic heterocycles. The van der Waals surface area contributed by atoms with Crippen molar-refractivity contribution in [2.24, 2.45) is 0 Å². The van der Waals surface area contributed by atoms with Gasteiger partial charge in [0.2, 0.25) is 0 Å². The van der Waals surface area contributed by atoms with Gasteiger partial charge in [-0.3, -0.25) is 9.97 Å². The predicted octanol–water partition coefficient (Wildman–Crippen LogP) is 4.07. The Hall–Kier alpha value is -4.64. The van der Waals surface area contributed by atoms with Crippen molar-refractivity contribution in [2.75, 3.05) is 5.73 Å². The first-order valence-electron chi connectivity index (χ1n) is 10.4. The van der Waals surface area contributed by atoms with Crippen LogP contribution in [0, 0.1) is 25.2 Å². The minimum absolute atomic E-state index is 0.279. The van der Waals surface area contributed by atoms with Crippen molar-refractivity contribution in [3.63, 3.8) is 0 Å². The number of nitrogens with zero attached hydrogens (tertiary/aromatic N) is 7. The molecule has 2 N–H and O–H groups in total. The molecule has 8 heteroatoms. The molecule has 5 rings (SSSR count). The summed E-state index contributed by atoms with van der Waals surface area (Å²) in [5.41, 5.74) is 14.0. The molecule has 0 saturated carbocycles. The molecular weight excluding hydrogens is 412 g/mol. The molecule has 0 spiro atoms. The Morgan fingerprint density at radius 1 is 1.00 bits per heavy atom. The Kier molecular flexibility index (Phi) is 4.99. The highest BCUT2D eigenvalue weighted by Gasteiger charge is 2.22. The number of rotatable bonds is 4. The van der Waals surface area contributed by atoms with Crippen LogP contribution in [-0.4, -0.2) is 29.9 Å². The Morgan fingerprint density at radius 2 is 1.82 bits per heavy atom. The van der Waals surface area contributed by atoms with Crippen molar-refractivity contribution in [1.82, 2.24) is 29.9 Å². The molecule has 0 amide bonds. The number of pyridine rings is 3. The van der Waals surface area contributed by atoms with Gasteiger partial charge in [0, 0.05) is 29.2 Å². The average Bonchev–Trinajstić information content (AvgIpc) is 3.24. The SMILES string of the molecule is Cc1cccc(Cn2nc3c(N)nc(-c4cccc(C#N)c4)c(-c4ccncc4C)c3n2)n1. The molecule has 0 aliphatic rings. The number of nitriles is 1. The van der Waals surface area contributed by atoms with Crippen LogP contribution in [-0.2, 0) is 6.54 Å². The van der Waals surface area contributed by atoms with Crippen molar-refractivity contribution < 1.29 is 0 Å². The lowest BCUT2D eigenvalue weighted by Crippen LogP contribution is -2.05. The molecule has 0 aliphatic carbocycles. The molecule has 160 valence electrons. The average molecular weight is 432 g/mol. The molecule has 0 saturated heterocycles. The first-order chi connectivity index (χ1) is 16.0. The topological polar surface area (TPSA) is 119 Å². The van der Waals surface area contributed by atoms with E-state index in [0.29, 0.717) is 28.8 Å². The predicted molar refractivity (Wildman–Crippen MR) is 126 cm³/mol. The van der Waals surface area contributed by atoms with E-state index < -0.39 is 0 Å². The lowest BCUT2D eigenvalue weighted by molar-refractivity contribution is 0.590. The maximum absolute atomic E-state index is 9.39. The van der Waals surface area contributed by atoms with Crippen LogP contribution in [0.25, 0.3) is 33.4 Å². The summed E-state index contributed by atoms with van der Waals surface area (Å²) < 4.78 is 0. The highest BCUT2D eigenvalue weighted by Crippen LogP contribution is 2.38. The molecule has 0 unspecified atom stereocenters.